The number of hydrogen-bond acceptors (Lipinski definition) is 7. The monoisotopic (exact) mass is 482 g/mol. The lowest BCUT2D eigenvalue weighted by molar-refractivity contribution is -0.117. The van der Waals surface area contributed by atoms with Gasteiger partial charge >= 0.3 is 0 Å². The maximum absolute atomic E-state index is 13.7. The van der Waals surface area contributed by atoms with Gasteiger partial charge in [-0.25, -0.2) is 9.67 Å². The third kappa shape index (κ3) is 4.13. The molecule has 3 aromatic rings. The lowest BCUT2D eigenvalue weighted by Gasteiger charge is -2.28. The molecule has 1 amide bonds. The highest BCUT2D eigenvalue weighted by molar-refractivity contribution is 6.21. The number of aromatic nitrogens is 5. The predicted octanol–water partition coefficient (Wildman–Crippen LogP) is 4.04. The predicted molar refractivity (Wildman–Crippen MR) is 133 cm³/mol. The van der Waals surface area contributed by atoms with Crippen LogP contribution in [-0.2, 0) is 4.79 Å². The zero-order chi connectivity index (χ0) is 25.4. The number of nitrogens with zero attached hydrogens (tertiary/aromatic N) is 6. The molecular formula is C27H26N6O3. The number of aryl methyl sites for hydroxylation is 1. The molecule has 1 aromatic carbocycles. The smallest absolute Gasteiger partial charge is 0.295 e. The molecule has 1 aliphatic carbocycles. The molecule has 2 aromatic heterocycles. The quantitative estimate of drug-likeness (QED) is 0.528. The molecule has 0 saturated heterocycles. The second-order valence-corrected chi connectivity index (χ2v) is 9.22. The van der Waals surface area contributed by atoms with E-state index in [2.05, 4.69) is 34.1 Å². The summed E-state index contributed by atoms with van der Waals surface area (Å²) in [5.41, 5.74) is 2.91. The van der Waals surface area contributed by atoms with Gasteiger partial charge in [-0.05, 0) is 42.5 Å². The first kappa shape index (κ1) is 23.3. The number of anilines is 1. The number of aliphatic hydroxyl groups excluding tert-OH is 1. The van der Waals surface area contributed by atoms with Gasteiger partial charge in [-0.2, -0.15) is 10.2 Å². The van der Waals surface area contributed by atoms with E-state index >= 15 is 0 Å². The Hall–Kier alpha value is -4.40. The lowest BCUT2D eigenvalue weighted by Crippen LogP contribution is -2.39. The minimum Gasteiger partial charge on any atom is -0.503 e. The molecule has 3 heterocycles. The van der Waals surface area contributed by atoms with Crippen LogP contribution in [0.2, 0.25) is 0 Å². The van der Waals surface area contributed by atoms with E-state index in [0.29, 0.717) is 29.2 Å². The van der Waals surface area contributed by atoms with Crippen molar-refractivity contribution in [3.63, 3.8) is 0 Å². The van der Waals surface area contributed by atoms with Gasteiger partial charge in [-0.1, -0.05) is 56.3 Å². The third-order valence-electron chi connectivity index (χ3n) is 6.52. The largest absolute Gasteiger partial charge is 0.503 e. The van der Waals surface area contributed by atoms with E-state index < -0.39 is 23.5 Å². The first-order valence-electron chi connectivity index (χ1n) is 11.8. The fourth-order valence-corrected chi connectivity index (χ4v) is 4.50. The minimum atomic E-state index is -0.847. The van der Waals surface area contributed by atoms with Crippen LogP contribution >= 0.6 is 0 Å². The van der Waals surface area contributed by atoms with Crippen LogP contribution in [0.3, 0.4) is 0 Å². The number of rotatable bonds is 6. The van der Waals surface area contributed by atoms with Gasteiger partial charge < -0.3 is 5.11 Å². The Kier molecular flexibility index (Phi) is 6.05. The highest BCUT2D eigenvalue weighted by Crippen LogP contribution is 2.37. The Morgan fingerprint density at radius 2 is 1.89 bits per heavy atom. The average Bonchev–Trinajstić information content (AvgIpc) is 3.52. The molecule has 1 aliphatic heterocycles. The van der Waals surface area contributed by atoms with Crippen molar-refractivity contribution in [2.45, 2.75) is 45.2 Å². The number of hydrogen-bond donors (Lipinski definition) is 1. The number of carbonyl (C=O) groups is 2. The van der Waals surface area contributed by atoms with Gasteiger partial charge in [0.05, 0.1) is 23.4 Å². The van der Waals surface area contributed by atoms with Gasteiger partial charge in [0.2, 0.25) is 0 Å². The summed E-state index contributed by atoms with van der Waals surface area (Å²) >= 11 is 0. The number of aliphatic hydroxyl groups is 1. The number of benzene rings is 1. The van der Waals surface area contributed by atoms with Crippen LogP contribution in [0.5, 0.6) is 0 Å². The average molecular weight is 483 g/mol. The van der Waals surface area contributed by atoms with Gasteiger partial charge in [0.1, 0.15) is 12.7 Å². The van der Waals surface area contributed by atoms with Crippen LogP contribution < -0.4 is 4.90 Å². The van der Waals surface area contributed by atoms with Crippen LogP contribution in [0.25, 0.3) is 0 Å². The molecule has 0 saturated carbocycles. The van der Waals surface area contributed by atoms with E-state index in [1.54, 1.807) is 42.2 Å². The lowest BCUT2D eigenvalue weighted by atomic mass is 9.88. The van der Waals surface area contributed by atoms with Crippen LogP contribution in [0, 0.1) is 6.92 Å². The summed E-state index contributed by atoms with van der Waals surface area (Å²) in [6.45, 7) is 5.94. The van der Waals surface area contributed by atoms with Gasteiger partial charge in [-0.3, -0.25) is 14.5 Å². The van der Waals surface area contributed by atoms with E-state index in [1.165, 1.54) is 11.2 Å². The minimum absolute atomic E-state index is 0.0229. The van der Waals surface area contributed by atoms with Gasteiger partial charge in [0.15, 0.2) is 17.4 Å². The van der Waals surface area contributed by atoms with E-state index in [0.717, 1.165) is 5.56 Å². The highest BCUT2D eigenvalue weighted by Gasteiger charge is 2.46. The number of amides is 1. The van der Waals surface area contributed by atoms with Gasteiger partial charge in [-0.15, -0.1) is 5.10 Å². The van der Waals surface area contributed by atoms with Crippen molar-refractivity contribution in [3.05, 3.63) is 101 Å². The van der Waals surface area contributed by atoms with Crippen LogP contribution in [0.4, 0.5) is 5.82 Å². The molecular weight excluding hydrogens is 456 g/mol. The van der Waals surface area contributed by atoms with Crippen molar-refractivity contribution in [1.82, 2.24) is 25.0 Å². The summed E-state index contributed by atoms with van der Waals surface area (Å²) in [6.07, 6.45) is 9.45. The SMILES string of the molecule is Cc1ccc(N2C(=O)C(O)=C(C(=O)c3ccc(C(C)C)cc3)C2C2=CCC(n3cncn3)C=C2)nn1. The fraction of sp³-hybridized carbons (Fsp3) is 0.259. The molecule has 2 aliphatic rings. The molecule has 0 radical (unpaired) electrons. The molecule has 2 unspecified atom stereocenters. The Morgan fingerprint density at radius 3 is 2.47 bits per heavy atom. The number of Topliss-reactive ketones (excluding diaryl/α,β-unsaturated/α-hetero) is 1. The second kappa shape index (κ2) is 9.33. The summed E-state index contributed by atoms with van der Waals surface area (Å²) in [4.78, 5) is 32.4. The maximum atomic E-state index is 13.7. The van der Waals surface area contributed by atoms with Gasteiger partial charge in [0.25, 0.3) is 5.91 Å². The molecule has 0 fully saturated rings. The van der Waals surface area contributed by atoms with Gasteiger partial charge in [0, 0.05) is 5.56 Å². The number of carbonyl (C=O) groups excluding carboxylic acids is 2. The molecule has 0 spiro atoms. The highest BCUT2D eigenvalue weighted by atomic mass is 16.3. The Morgan fingerprint density at radius 1 is 1.11 bits per heavy atom. The fourth-order valence-electron chi connectivity index (χ4n) is 4.50. The second-order valence-electron chi connectivity index (χ2n) is 9.22. The molecule has 5 rings (SSSR count). The zero-order valence-corrected chi connectivity index (χ0v) is 20.2. The summed E-state index contributed by atoms with van der Waals surface area (Å²) in [5, 5.41) is 23.4. The molecule has 182 valence electrons. The zero-order valence-electron chi connectivity index (χ0n) is 20.2. The Labute approximate surface area is 208 Å². The van der Waals surface area contributed by atoms with Crippen molar-refractivity contribution >= 4 is 17.5 Å². The van der Waals surface area contributed by atoms with Crippen molar-refractivity contribution in [3.8, 4) is 0 Å². The standard InChI is InChI=1S/C27H26N6O3/c1-16(2)18-5-7-20(8-6-18)25(34)23-24(19-9-11-21(12-10-19)32-15-28-14-29-32)33(27(36)26(23)35)22-13-4-17(3)30-31-22/h4-11,13-16,21,24,35H,12H2,1-3H3. The van der Waals surface area contributed by atoms with Crippen LogP contribution in [-0.4, -0.2) is 47.8 Å². The van der Waals surface area contributed by atoms with Crippen molar-refractivity contribution in [2.75, 3.05) is 4.90 Å². The molecule has 9 nitrogen and oxygen atoms in total. The molecule has 1 N–H and O–H groups in total. The van der Waals surface area contributed by atoms with E-state index in [1.807, 2.05) is 30.4 Å². The molecule has 36 heavy (non-hydrogen) atoms. The summed E-state index contributed by atoms with van der Waals surface area (Å²) in [7, 11) is 0. The number of ketones is 1. The molecule has 0 bridgehead atoms. The van der Waals surface area contributed by atoms with Crippen LogP contribution in [0.1, 0.15) is 53.8 Å². The van der Waals surface area contributed by atoms with Crippen LogP contribution in [0.15, 0.2) is 84.2 Å². The first-order chi connectivity index (χ1) is 17.3. The first-order valence-corrected chi connectivity index (χ1v) is 11.8. The maximum Gasteiger partial charge on any atom is 0.295 e. The summed E-state index contributed by atoms with van der Waals surface area (Å²) in [5.74, 6) is -1.10. The van der Waals surface area contributed by atoms with E-state index in [-0.39, 0.29) is 17.4 Å². The van der Waals surface area contributed by atoms with E-state index in [4.69, 9.17) is 0 Å². The molecule has 9 heteroatoms. The summed E-state index contributed by atoms with van der Waals surface area (Å²) < 4.78 is 1.74. The topological polar surface area (TPSA) is 114 Å². The number of allylic oxidation sites excluding steroid dienone is 2. The molecule has 2 atom stereocenters. The summed E-state index contributed by atoms with van der Waals surface area (Å²) in [6, 6.07) is 9.77. The Balaban J connectivity index is 1.55. The normalized spacial score (nSPS) is 19.8. The van der Waals surface area contributed by atoms with E-state index in [9.17, 15) is 14.7 Å². The van der Waals surface area contributed by atoms with Crippen molar-refractivity contribution in [1.29, 1.82) is 0 Å². The third-order valence-corrected chi connectivity index (χ3v) is 6.52. The van der Waals surface area contributed by atoms with Crippen molar-refractivity contribution < 1.29 is 14.7 Å². The Bertz CT molecular complexity index is 1390. The van der Waals surface area contributed by atoms with Crippen molar-refractivity contribution in [2.24, 2.45) is 0 Å².